The molecule has 0 heterocycles. The van der Waals surface area contributed by atoms with E-state index in [9.17, 15) is 33.6 Å². The van der Waals surface area contributed by atoms with Crippen LogP contribution in [0.1, 0.15) is 46.5 Å². The fourth-order valence-corrected chi connectivity index (χ4v) is 4.65. The number of carbonyl (C=O) groups is 7. The molecule has 0 unspecified atom stereocenters. The van der Waals surface area contributed by atoms with Crippen LogP contribution in [-0.4, -0.2) is 82.3 Å². The average Bonchev–Trinajstić information content (AvgIpc) is 3.08. The van der Waals surface area contributed by atoms with Crippen molar-refractivity contribution in [2.45, 2.75) is 39.0 Å². The van der Waals surface area contributed by atoms with Gasteiger partial charge in [0.05, 0.1) is 37.6 Å². The zero-order chi connectivity index (χ0) is 40.2. The van der Waals surface area contributed by atoms with E-state index in [0.29, 0.717) is 0 Å². The van der Waals surface area contributed by atoms with Crippen LogP contribution in [0, 0.1) is 5.92 Å². The van der Waals surface area contributed by atoms with E-state index in [4.69, 9.17) is 81.7 Å². The number of aliphatic carboxylic acids is 3. The Kier molecular flexibility index (Phi) is 20.5. The summed E-state index contributed by atoms with van der Waals surface area (Å²) in [7, 11) is 0. The van der Waals surface area contributed by atoms with Gasteiger partial charge < -0.3 is 40.6 Å². The number of benzene rings is 3. The second-order valence-corrected chi connectivity index (χ2v) is 12.3. The number of carboxylic acid groups (broad SMARTS) is 3. The van der Waals surface area contributed by atoms with Gasteiger partial charge in [-0.2, -0.15) is 0 Å². The first-order valence-electron chi connectivity index (χ1n) is 15.0. The molecule has 6 N–H and O–H groups in total. The van der Waals surface area contributed by atoms with Gasteiger partial charge in [0.1, 0.15) is 18.7 Å². The highest BCUT2D eigenvalue weighted by atomic mass is 35.5. The number of alkyl carbamates (subject to hydrolysis) is 1. The largest absolute Gasteiger partial charge is 0.481 e. The number of amides is 1. The highest BCUT2D eigenvalue weighted by Gasteiger charge is 2.24. The smallest absolute Gasteiger partial charge is 0.408 e. The van der Waals surface area contributed by atoms with Crippen molar-refractivity contribution in [2.24, 2.45) is 11.7 Å². The van der Waals surface area contributed by atoms with Crippen molar-refractivity contribution in [2.75, 3.05) is 13.2 Å². The molecular weight excluding hydrogens is 786 g/mol. The maximum Gasteiger partial charge on any atom is 0.408 e. The molecule has 0 aromatic heterocycles. The predicted molar refractivity (Wildman–Crippen MR) is 192 cm³/mol. The van der Waals surface area contributed by atoms with E-state index in [1.165, 1.54) is 24.3 Å². The molecule has 3 rings (SSSR count). The van der Waals surface area contributed by atoms with Crippen LogP contribution in [0.4, 0.5) is 4.79 Å². The first-order valence-corrected chi connectivity index (χ1v) is 16.5. The van der Waals surface area contributed by atoms with Crippen LogP contribution in [0.5, 0.6) is 0 Å². The van der Waals surface area contributed by atoms with Crippen molar-refractivity contribution in [1.82, 2.24) is 5.32 Å². The third-order valence-electron chi connectivity index (χ3n) is 6.19. The topological polar surface area (TPSA) is 246 Å². The molecule has 0 aliphatic rings. The summed E-state index contributed by atoms with van der Waals surface area (Å²) in [6, 6.07) is 15.9. The molecule has 0 aliphatic heterocycles. The van der Waals surface area contributed by atoms with Gasteiger partial charge in [0.2, 0.25) is 5.78 Å². The monoisotopic (exact) mass is 818 g/mol. The third-order valence-corrected chi connectivity index (χ3v) is 7.45. The molecule has 0 spiro atoms. The van der Waals surface area contributed by atoms with E-state index in [1.807, 2.05) is 30.3 Å². The Hall–Kier alpha value is -4.93. The summed E-state index contributed by atoms with van der Waals surface area (Å²) >= 11 is 23.5. The second kappa shape index (κ2) is 23.6. The number of carbonyl (C=O) groups excluding carboxylic acids is 4. The van der Waals surface area contributed by atoms with E-state index in [0.717, 1.165) is 5.56 Å². The Morgan fingerprint density at radius 2 is 1.09 bits per heavy atom. The number of hydrogen-bond donors (Lipinski definition) is 5. The fourth-order valence-electron chi connectivity index (χ4n) is 3.54. The lowest BCUT2D eigenvalue weighted by Gasteiger charge is -2.17. The summed E-state index contributed by atoms with van der Waals surface area (Å²) in [5.74, 6) is -6.15. The molecule has 53 heavy (non-hydrogen) atoms. The molecule has 3 aromatic rings. The zero-order valence-electron chi connectivity index (χ0n) is 27.9. The van der Waals surface area contributed by atoms with E-state index in [1.54, 1.807) is 26.0 Å². The minimum Gasteiger partial charge on any atom is -0.481 e. The van der Waals surface area contributed by atoms with Crippen molar-refractivity contribution in [1.29, 1.82) is 0 Å². The Labute approximate surface area is 322 Å². The summed E-state index contributed by atoms with van der Waals surface area (Å²) in [6.07, 6.45) is -1.25. The van der Waals surface area contributed by atoms with Crippen LogP contribution in [0.3, 0.4) is 0 Å². The molecule has 0 aliphatic carbocycles. The maximum absolute atomic E-state index is 12.0. The number of halogens is 4. The summed E-state index contributed by atoms with van der Waals surface area (Å²) < 4.78 is 14.6. The quantitative estimate of drug-likeness (QED) is 0.0957. The van der Waals surface area contributed by atoms with E-state index >= 15 is 0 Å². The third kappa shape index (κ3) is 17.4. The van der Waals surface area contributed by atoms with Crippen LogP contribution < -0.4 is 11.1 Å². The van der Waals surface area contributed by atoms with E-state index < -0.39 is 73.4 Å². The standard InChI is InChI=1S/C17H10Cl4O5.C13H17NO4.C4H7NO4/c18-10-3-1-4-11(19)14(10)16(23)25-7-9(22)8-26-17(24)15-12(20)5-2-6-13(15)21;1-9(2)11(12(15)16)14-13(17)18-8-10-6-4-3-5-7-10;5-2(4(8)9)1-3(6)7/h1-6H,7-8H2;3-7,9,11H,8H2,1-2H3,(H,14,17)(H,15,16);2H,1,5H2,(H,6,7)(H,8,9)/t;11-;2-/m.00/s1. The first kappa shape index (κ1) is 46.1. The van der Waals surface area contributed by atoms with Crippen LogP contribution in [0.2, 0.25) is 20.1 Å². The molecule has 2 atom stereocenters. The van der Waals surface area contributed by atoms with Crippen LogP contribution in [0.25, 0.3) is 0 Å². The van der Waals surface area contributed by atoms with Crippen LogP contribution in [0.15, 0.2) is 66.7 Å². The zero-order valence-corrected chi connectivity index (χ0v) is 30.9. The Morgan fingerprint density at radius 3 is 1.43 bits per heavy atom. The molecule has 1 amide bonds. The highest BCUT2D eigenvalue weighted by molar-refractivity contribution is 6.40. The summed E-state index contributed by atoms with van der Waals surface area (Å²) in [5.41, 5.74) is 5.58. The van der Waals surface area contributed by atoms with Gasteiger partial charge in [-0.15, -0.1) is 0 Å². The molecule has 0 saturated carbocycles. The predicted octanol–water partition coefficient (Wildman–Crippen LogP) is 5.78. The SMILES string of the molecule is CC(C)[C@H](NC(=O)OCc1ccccc1)C(=O)O.N[C@@H](CC(=O)O)C(=O)O.O=C(COC(=O)c1c(Cl)cccc1Cl)COC(=O)c1c(Cl)cccc1Cl. The van der Waals surface area contributed by atoms with Crippen LogP contribution in [-0.2, 0) is 40.0 Å². The highest BCUT2D eigenvalue weighted by Crippen LogP contribution is 2.26. The minimum atomic E-state index is -1.29. The number of hydrogen-bond acceptors (Lipinski definition) is 11. The molecule has 286 valence electrons. The van der Waals surface area contributed by atoms with Gasteiger partial charge in [-0.3, -0.25) is 14.4 Å². The lowest BCUT2D eigenvalue weighted by molar-refractivity contribution is -0.144. The van der Waals surface area contributed by atoms with Gasteiger partial charge in [0, 0.05) is 0 Å². The Balaban J connectivity index is 0.000000449. The first-order chi connectivity index (χ1) is 24.8. The number of rotatable bonds is 14. The van der Waals surface area contributed by atoms with Crippen molar-refractivity contribution < 1.29 is 63.1 Å². The van der Waals surface area contributed by atoms with Crippen molar-refractivity contribution >= 4 is 88.1 Å². The number of ether oxygens (including phenoxy) is 3. The molecule has 0 bridgehead atoms. The van der Waals surface area contributed by atoms with Crippen molar-refractivity contribution in [3.05, 3.63) is 104 Å². The normalized spacial score (nSPS) is 11.2. The van der Waals surface area contributed by atoms with Gasteiger partial charge in [-0.05, 0) is 35.7 Å². The number of nitrogens with one attached hydrogen (secondary N) is 1. The molecule has 0 radical (unpaired) electrons. The number of Topliss-reactive ketones (excluding diaryl/α,β-unsaturated/α-hetero) is 1. The van der Waals surface area contributed by atoms with Gasteiger partial charge in [-0.25, -0.2) is 19.2 Å². The molecule has 0 fully saturated rings. The number of carboxylic acids is 3. The molecule has 0 saturated heterocycles. The summed E-state index contributed by atoms with van der Waals surface area (Å²) in [5, 5.41) is 27.6. The number of ketones is 1. The Bertz CT molecular complexity index is 1650. The van der Waals surface area contributed by atoms with Gasteiger partial charge in [0.15, 0.2) is 13.2 Å². The molecule has 3 aromatic carbocycles. The minimum absolute atomic E-state index is 0.0523. The molecular formula is C34H34Cl4N2O13. The van der Waals surface area contributed by atoms with Gasteiger partial charge >= 0.3 is 35.9 Å². The van der Waals surface area contributed by atoms with Gasteiger partial charge in [-0.1, -0.05) is 103 Å². The molecule has 15 nitrogen and oxygen atoms in total. The maximum atomic E-state index is 12.0. The average molecular weight is 820 g/mol. The lowest BCUT2D eigenvalue weighted by atomic mass is 10.1. The summed E-state index contributed by atoms with van der Waals surface area (Å²) in [4.78, 5) is 77.6. The number of esters is 2. The number of nitrogens with two attached hydrogens (primary N) is 1. The van der Waals surface area contributed by atoms with Crippen molar-refractivity contribution in [3.8, 4) is 0 Å². The second-order valence-electron chi connectivity index (χ2n) is 10.7. The van der Waals surface area contributed by atoms with Crippen LogP contribution >= 0.6 is 46.4 Å². The Morgan fingerprint density at radius 1 is 0.660 bits per heavy atom. The lowest BCUT2D eigenvalue weighted by Crippen LogP contribution is -2.44. The van der Waals surface area contributed by atoms with E-state index in [-0.39, 0.29) is 43.7 Å². The summed E-state index contributed by atoms with van der Waals surface area (Å²) in [6.45, 7) is 2.32. The van der Waals surface area contributed by atoms with Crippen molar-refractivity contribution in [3.63, 3.8) is 0 Å². The fraction of sp³-hybridized carbons (Fsp3) is 0.265. The van der Waals surface area contributed by atoms with E-state index in [2.05, 4.69) is 5.32 Å². The molecule has 19 heteroatoms. The van der Waals surface area contributed by atoms with Gasteiger partial charge in [0.25, 0.3) is 0 Å².